The van der Waals surface area contributed by atoms with E-state index in [4.69, 9.17) is 14.3 Å². The van der Waals surface area contributed by atoms with Crippen molar-refractivity contribution in [1.29, 1.82) is 0 Å². The van der Waals surface area contributed by atoms with Gasteiger partial charge in [-0.3, -0.25) is 0 Å². The minimum atomic E-state index is -0.433. The highest BCUT2D eigenvalue weighted by Crippen LogP contribution is 2.36. The summed E-state index contributed by atoms with van der Waals surface area (Å²) in [7, 11) is -0.433. The maximum atomic E-state index is 6.20. The molecule has 0 radical (unpaired) electrons. The van der Waals surface area contributed by atoms with Crippen LogP contribution in [0.25, 0.3) is 22.4 Å². The molecule has 0 N–H and O–H groups in total. The minimum absolute atomic E-state index is 0.381. The number of rotatable bonds is 3. The van der Waals surface area contributed by atoms with Gasteiger partial charge in [-0.2, -0.15) is 0 Å². The third-order valence-corrected chi connectivity index (χ3v) is 5.41. The average molecular weight is 350 g/mol. The number of hydrogen-bond acceptors (Lipinski definition) is 5. The largest absolute Gasteiger partial charge is 0.495 e. The van der Waals surface area contributed by atoms with E-state index in [1.807, 2.05) is 35.3 Å². The van der Waals surface area contributed by atoms with E-state index in [0.717, 1.165) is 28.8 Å². The molecule has 3 aromatic rings. The van der Waals surface area contributed by atoms with Crippen LogP contribution in [-0.4, -0.2) is 37.8 Å². The highest BCUT2D eigenvalue weighted by Gasteiger charge is 2.52. The molecular weight excluding hydrogens is 327 g/mol. The Labute approximate surface area is 153 Å². The quantitative estimate of drug-likeness (QED) is 0.680. The van der Waals surface area contributed by atoms with Crippen LogP contribution in [0.1, 0.15) is 34.6 Å². The highest BCUT2D eigenvalue weighted by molar-refractivity contribution is 6.65. The second kappa shape index (κ2) is 5.89. The van der Waals surface area contributed by atoms with Gasteiger partial charge in [0.2, 0.25) is 0 Å². The first kappa shape index (κ1) is 17.2. The van der Waals surface area contributed by atoms with Gasteiger partial charge in [-0.15, -0.1) is 0 Å². The lowest BCUT2D eigenvalue weighted by atomic mass is 9.77. The Bertz CT molecular complexity index is 951. The van der Waals surface area contributed by atoms with Crippen LogP contribution in [0, 0.1) is 0 Å². The molecule has 3 aromatic heterocycles. The molecule has 0 aliphatic carbocycles. The number of imidazole rings is 1. The van der Waals surface area contributed by atoms with Gasteiger partial charge in [-0.25, -0.2) is 15.0 Å². The Morgan fingerprint density at radius 2 is 1.73 bits per heavy atom. The van der Waals surface area contributed by atoms with E-state index in [9.17, 15) is 0 Å². The second-order valence-corrected chi connectivity index (χ2v) is 7.65. The first-order valence-electron chi connectivity index (χ1n) is 8.94. The second-order valence-electron chi connectivity index (χ2n) is 7.65. The van der Waals surface area contributed by atoms with Gasteiger partial charge in [-0.1, -0.05) is 0 Å². The lowest BCUT2D eigenvalue weighted by Gasteiger charge is -2.32. The molecule has 0 aromatic carbocycles. The number of pyridine rings is 2. The van der Waals surface area contributed by atoms with Crippen molar-refractivity contribution in [3.63, 3.8) is 0 Å². The van der Waals surface area contributed by atoms with Crippen molar-refractivity contribution in [2.24, 2.45) is 0 Å². The monoisotopic (exact) mass is 350 g/mol. The summed E-state index contributed by atoms with van der Waals surface area (Å²) in [5.41, 5.74) is 2.51. The molecule has 0 saturated carbocycles. The molecule has 1 aliphatic heterocycles. The zero-order valence-corrected chi connectivity index (χ0v) is 15.9. The molecule has 0 spiro atoms. The summed E-state index contributed by atoms with van der Waals surface area (Å²) < 4.78 is 14.4. The molecular formula is C19H23BN4O2. The van der Waals surface area contributed by atoms with Crippen molar-refractivity contribution in [2.75, 3.05) is 0 Å². The van der Waals surface area contributed by atoms with Crippen molar-refractivity contribution < 1.29 is 9.31 Å². The van der Waals surface area contributed by atoms with Gasteiger partial charge < -0.3 is 13.9 Å². The Kier molecular flexibility index (Phi) is 3.89. The van der Waals surface area contributed by atoms with E-state index in [2.05, 4.69) is 44.6 Å². The molecule has 1 fully saturated rings. The van der Waals surface area contributed by atoms with Crippen LogP contribution >= 0.6 is 0 Å². The van der Waals surface area contributed by atoms with Crippen molar-refractivity contribution in [1.82, 2.24) is 19.5 Å². The van der Waals surface area contributed by atoms with Crippen molar-refractivity contribution in [2.45, 2.75) is 52.4 Å². The molecule has 4 heterocycles. The van der Waals surface area contributed by atoms with Gasteiger partial charge in [0.1, 0.15) is 5.69 Å². The lowest BCUT2D eigenvalue weighted by Crippen LogP contribution is -2.41. The van der Waals surface area contributed by atoms with Crippen LogP contribution in [0.15, 0.2) is 36.9 Å². The van der Waals surface area contributed by atoms with E-state index in [1.165, 1.54) is 0 Å². The zero-order chi connectivity index (χ0) is 18.5. The van der Waals surface area contributed by atoms with Gasteiger partial charge in [0.25, 0.3) is 0 Å². The van der Waals surface area contributed by atoms with Gasteiger partial charge in [0.15, 0.2) is 5.65 Å². The molecule has 1 saturated heterocycles. The Morgan fingerprint density at radius 3 is 2.38 bits per heavy atom. The molecule has 0 atom stereocenters. The summed E-state index contributed by atoms with van der Waals surface area (Å²) in [6.45, 7) is 11.2. The van der Waals surface area contributed by atoms with Gasteiger partial charge >= 0.3 is 7.12 Å². The fourth-order valence-corrected chi connectivity index (χ4v) is 3.03. The SMILES string of the molecule is CCn1cnc(-c2ccc3c(B4OC(C)(C)C(C)(C)O4)ccnc3n2)c1. The van der Waals surface area contributed by atoms with Gasteiger partial charge in [0.05, 0.1) is 23.2 Å². The van der Waals surface area contributed by atoms with Crippen LogP contribution in [0.3, 0.4) is 0 Å². The van der Waals surface area contributed by atoms with Crippen LogP contribution in [0.4, 0.5) is 0 Å². The lowest BCUT2D eigenvalue weighted by molar-refractivity contribution is 0.00578. The first-order valence-corrected chi connectivity index (χ1v) is 8.94. The smallest absolute Gasteiger partial charge is 0.399 e. The topological polar surface area (TPSA) is 62.1 Å². The van der Waals surface area contributed by atoms with E-state index in [1.54, 1.807) is 6.20 Å². The fraction of sp³-hybridized carbons (Fsp3) is 0.421. The predicted molar refractivity (Wildman–Crippen MR) is 102 cm³/mol. The summed E-state index contributed by atoms with van der Waals surface area (Å²) in [5, 5.41) is 0.935. The zero-order valence-electron chi connectivity index (χ0n) is 15.9. The molecule has 7 heteroatoms. The average Bonchev–Trinajstić information content (AvgIpc) is 3.16. The van der Waals surface area contributed by atoms with Gasteiger partial charge in [0, 0.05) is 24.3 Å². The van der Waals surface area contributed by atoms with Crippen LogP contribution < -0.4 is 5.46 Å². The van der Waals surface area contributed by atoms with Crippen molar-refractivity contribution >= 4 is 23.6 Å². The highest BCUT2D eigenvalue weighted by atomic mass is 16.7. The third kappa shape index (κ3) is 2.71. The third-order valence-electron chi connectivity index (χ3n) is 5.41. The molecule has 4 rings (SSSR count). The summed E-state index contributed by atoms with van der Waals surface area (Å²) in [4.78, 5) is 13.6. The van der Waals surface area contributed by atoms with Crippen LogP contribution in [0.2, 0.25) is 0 Å². The van der Waals surface area contributed by atoms with E-state index in [-0.39, 0.29) is 11.2 Å². The fourth-order valence-electron chi connectivity index (χ4n) is 3.03. The molecule has 1 aliphatic rings. The minimum Gasteiger partial charge on any atom is -0.399 e. The van der Waals surface area contributed by atoms with E-state index in [0.29, 0.717) is 5.65 Å². The summed E-state index contributed by atoms with van der Waals surface area (Å²) in [6.07, 6.45) is 5.56. The Hall–Kier alpha value is -2.25. The maximum absolute atomic E-state index is 6.20. The number of nitrogens with zero attached hydrogens (tertiary/aromatic N) is 4. The van der Waals surface area contributed by atoms with E-state index < -0.39 is 7.12 Å². The van der Waals surface area contributed by atoms with Crippen molar-refractivity contribution in [3.05, 3.63) is 36.9 Å². The normalized spacial score (nSPS) is 18.6. The van der Waals surface area contributed by atoms with E-state index >= 15 is 0 Å². The predicted octanol–water partition coefficient (Wildman–Crippen LogP) is 2.81. The number of fused-ring (bicyclic) bond motifs is 1. The maximum Gasteiger partial charge on any atom is 0.495 e. The molecule has 6 nitrogen and oxygen atoms in total. The first-order chi connectivity index (χ1) is 12.3. The molecule has 0 amide bonds. The molecule has 0 bridgehead atoms. The number of hydrogen-bond donors (Lipinski definition) is 0. The number of aryl methyl sites for hydroxylation is 1. The number of aromatic nitrogens is 4. The molecule has 134 valence electrons. The summed E-state index contributed by atoms with van der Waals surface area (Å²) in [5.74, 6) is 0. The van der Waals surface area contributed by atoms with Crippen molar-refractivity contribution in [3.8, 4) is 11.4 Å². The molecule has 0 unspecified atom stereocenters. The standard InChI is InChI=1S/C19H23BN4O2/c1-6-24-11-16(22-12-24)15-8-7-13-14(9-10-21-17(13)23-15)20-25-18(2,3)19(4,5)26-20/h7-12H,6H2,1-5H3. The van der Waals surface area contributed by atoms with Crippen LogP contribution in [0.5, 0.6) is 0 Å². The van der Waals surface area contributed by atoms with Crippen LogP contribution in [-0.2, 0) is 15.9 Å². The molecule has 26 heavy (non-hydrogen) atoms. The summed E-state index contributed by atoms with van der Waals surface area (Å²) >= 11 is 0. The summed E-state index contributed by atoms with van der Waals surface area (Å²) in [6, 6.07) is 5.94. The Morgan fingerprint density at radius 1 is 1.00 bits per heavy atom. The van der Waals surface area contributed by atoms with Gasteiger partial charge in [-0.05, 0) is 58.3 Å². The Balaban J connectivity index is 1.74.